The lowest BCUT2D eigenvalue weighted by atomic mass is 10.2. The molecule has 0 spiro atoms. The fourth-order valence-electron chi connectivity index (χ4n) is 3.56. The Balaban J connectivity index is 1.70. The first kappa shape index (κ1) is 25.2. The van der Waals surface area contributed by atoms with Gasteiger partial charge in [-0.05, 0) is 63.3 Å². The molecule has 3 rings (SSSR count). The van der Waals surface area contributed by atoms with E-state index in [4.69, 9.17) is 4.42 Å². The van der Waals surface area contributed by atoms with Crippen molar-refractivity contribution in [3.8, 4) is 0 Å². The maximum absolute atomic E-state index is 13.3. The van der Waals surface area contributed by atoms with Gasteiger partial charge >= 0.3 is 0 Å². The van der Waals surface area contributed by atoms with Crippen LogP contribution >= 0.6 is 15.9 Å². The summed E-state index contributed by atoms with van der Waals surface area (Å²) in [6, 6.07) is 22.5. The molecule has 0 unspecified atom stereocenters. The maximum Gasteiger partial charge on any atom is 0.289 e. The molecule has 5 nitrogen and oxygen atoms in total. The number of carbonyl (C=O) groups excluding carboxylic acids is 1. The first-order valence-corrected chi connectivity index (χ1v) is 12.2. The molecule has 0 aliphatic carbocycles. The third-order valence-electron chi connectivity index (χ3n) is 5.58. The Morgan fingerprint density at radius 1 is 0.848 bits per heavy atom. The highest BCUT2D eigenvalue weighted by molar-refractivity contribution is 9.10. The normalized spacial score (nSPS) is 11.5. The van der Waals surface area contributed by atoms with Crippen LogP contribution in [-0.2, 0) is 19.6 Å². The minimum absolute atomic E-state index is 0.0732. The molecule has 1 heterocycles. The second-order valence-corrected chi connectivity index (χ2v) is 9.82. The molecular formula is C27H34BrN3O2. The van der Waals surface area contributed by atoms with Crippen LogP contribution in [-0.4, -0.2) is 53.8 Å². The monoisotopic (exact) mass is 511 g/mol. The summed E-state index contributed by atoms with van der Waals surface area (Å²) in [6.45, 7) is 7.81. The average molecular weight is 512 g/mol. The number of benzene rings is 2. The van der Waals surface area contributed by atoms with E-state index in [1.165, 1.54) is 5.56 Å². The number of amides is 1. The molecular weight excluding hydrogens is 478 g/mol. The van der Waals surface area contributed by atoms with Crippen molar-refractivity contribution in [3.05, 3.63) is 93.9 Å². The van der Waals surface area contributed by atoms with Crippen LogP contribution in [0.15, 0.2) is 75.6 Å². The lowest BCUT2D eigenvalue weighted by Gasteiger charge is -2.26. The summed E-state index contributed by atoms with van der Waals surface area (Å²) in [5.74, 6) is 1.12. The van der Waals surface area contributed by atoms with Crippen LogP contribution in [0.2, 0.25) is 0 Å². The smallest absolute Gasteiger partial charge is 0.289 e. The number of carbonyl (C=O) groups is 1. The zero-order chi connectivity index (χ0) is 23.8. The second kappa shape index (κ2) is 12.2. The van der Waals surface area contributed by atoms with E-state index in [9.17, 15) is 4.79 Å². The predicted molar refractivity (Wildman–Crippen MR) is 137 cm³/mol. The summed E-state index contributed by atoms with van der Waals surface area (Å²) in [5, 5.41) is 0. The van der Waals surface area contributed by atoms with Gasteiger partial charge < -0.3 is 14.2 Å². The Bertz CT molecular complexity index is 1000. The van der Waals surface area contributed by atoms with Gasteiger partial charge in [0.05, 0.1) is 6.54 Å². The molecule has 0 radical (unpaired) electrons. The molecule has 1 aromatic heterocycles. The van der Waals surface area contributed by atoms with Crippen LogP contribution in [0.5, 0.6) is 0 Å². The largest absolute Gasteiger partial charge is 0.455 e. The van der Waals surface area contributed by atoms with Crippen LogP contribution in [0.1, 0.15) is 41.3 Å². The molecule has 0 bridgehead atoms. The molecule has 2 aromatic carbocycles. The molecule has 3 aromatic rings. The van der Waals surface area contributed by atoms with E-state index < -0.39 is 0 Å². The molecule has 0 atom stereocenters. The van der Waals surface area contributed by atoms with Crippen molar-refractivity contribution in [2.75, 3.05) is 27.2 Å². The van der Waals surface area contributed by atoms with Gasteiger partial charge in [-0.15, -0.1) is 0 Å². The third-order valence-corrected chi connectivity index (χ3v) is 6.11. The summed E-state index contributed by atoms with van der Waals surface area (Å²) in [5.41, 5.74) is 2.35. The van der Waals surface area contributed by atoms with Crippen molar-refractivity contribution in [2.24, 2.45) is 0 Å². The molecule has 176 valence electrons. The molecule has 0 saturated heterocycles. The van der Waals surface area contributed by atoms with Gasteiger partial charge in [0.1, 0.15) is 5.76 Å². The standard InChI is InChI=1S/C27H34BrN3O2/c1-21(2)31(19-23-10-12-24(28)13-11-23)20-25-14-15-26(33-25)27(32)30(17-16-29(3)4)18-22-8-6-5-7-9-22/h5-15,21H,16-20H2,1-4H3. The van der Waals surface area contributed by atoms with Crippen molar-refractivity contribution < 1.29 is 9.21 Å². The number of nitrogens with zero attached hydrogens (tertiary/aromatic N) is 3. The van der Waals surface area contributed by atoms with Gasteiger partial charge in [-0.3, -0.25) is 9.69 Å². The summed E-state index contributed by atoms with van der Waals surface area (Å²) in [7, 11) is 4.03. The van der Waals surface area contributed by atoms with Gasteiger partial charge in [0, 0.05) is 36.7 Å². The molecule has 6 heteroatoms. The molecule has 0 aliphatic heterocycles. The highest BCUT2D eigenvalue weighted by Gasteiger charge is 2.21. The number of hydrogen-bond acceptors (Lipinski definition) is 4. The molecule has 0 fully saturated rings. The Hall–Kier alpha value is -2.41. The van der Waals surface area contributed by atoms with E-state index in [1.54, 1.807) is 0 Å². The first-order valence-electron chi connectivity index (χ1n) is 11.4. The topological polar surface area (TPSA) is 39.9 Å². The van der Waals surface area contributed by atoms with E-state index in [2.05, 4.69) is 63.8 Å². The highest BCUT2D eigenvalue weighted by Crippen LogP contribution is 2.19. The van der Waals surface area contributed by atoms with Crippen LogP contribution in [0.4, 0.5) is 0 Å². The fourth-order valence-corrected chi connectivity index (χ4v) is 3.82. The number of halogens is 1. The minimum Gasteiger partial charge on any atom is -0.455 e. The molecule has 1 amide bonds. The Morgan fingerprint density at radius 3 is 2.15 bits per heavy atom. The first-order chi connectivity index (χ1) is 15.8. The number of hydrogen-bond donors (Lipinski definition) is 0. The molecule has 0 N–H and O–H groups in total. The summed E-state index contributed by atoms with van der Waals surface area (Å²) >= 11 is 3.49. The quantitative estimate of drug-likeness (QED) is 0.333. The second-order valence-electron chi connectivity index (χ2n) is 8.91. The van der Waals surface area contributed by atoms with Crippen molar-refractivity contribution in [2.45, 2.75) is 39.5 Å². The van der Waals surface area contributed by atoms with Crippen LogP contribution < -0.4 is 0 Å². The lowest BCUT2D eigenvalue weighted by molar-refractivity contribution is 0.0694. The zero-order valence-electron chi connectivity index (χ0n) is 20.0. The molecule has 0 saturated carbocycles. The van der Waals surface area contributed by atoms with Crippen molar-refractivity contribution >= 4 is 21.8 Å². The van der Waals surface area contributed by atoms with Gasteiger partial charge in [-0.2, -0.15) is 0 Å². The van der Waals surface area contributed by atoms with Crippen molar-refractivity contribution in [3.63, 3.8) is 0 Å². The Labute approximate surface area is 206 Å². The van der Waals surface area contributed by atoms with E-state index in [1.807, 2.05) is 61.5 Å². The average Bonchev–Trinajstić information content (AvgIpc) is 3.26. The van der Waals surface area contributed by atoms with Crippen LogP contribution in [0.3, 0.4) is 0 Å². The van der Waals surface area contributed by atoms with Crippen LogP contribution in [0.25, 0.3) is 0 Å². The summed E-state index contributed by atoms with van der Waals surface area (Å²) in [6.07, 6.45) is 0. The summed E-state index contributed by atoms with van der Waals surface area (Å²) < 4.78 is 7.13. The molecule has 0 aliphatic rings. The third kappa shape index (κ3) is 7.84. The number of furan rings is 1. The van der Waals surface area contributed by atoms with E-state index in [0.717, 1.165) is 28.9 Å². The van der Waals surface area contributed by atoms with E-state index in [0.29, 0.717) is 31.4 Å². The fraction of sp³-hybridized carbons (Fsp3) is 0.370. The highest BCUT2D eigenvalue weighted by atomic mass is 79.9. The van der Waals surface area contributed by atoms with Crippen molar-refractivity contribution in [1.29, 1.82) is 0 Å². The molecule has 33 heavy (non-hydrogen) atoms. The van der Waals surface area contributed by atoms with E-state index >= 15 is 0 Å². The maximum atomic E-state index is 13.3. The Kier molecular flexibility index (Phi) is 9.30. The van der Waals surface area contributed by atoms with Gasteiger partial charge in [0.15, 0.2) is 5.76 Å². The van der Waals surface area contributed by atoms with E-state index in [-0.39, 0.29) is 5.91 Å². The Morgan fingerprint density at radius 2 is 1.52 bits per heavy atom. The minimum atomic E-state index is -0.0732. The SMILES string of the molecule is CC(C)N(Cc1ccc(Br)cc1)Cc1ccc(C(=O)N(CCN(C)C)Cc2ccccc2)o1. The van der Waals surface area contributed by atoms with Gasteiger partial charge in [0.25, 0.3) is 5.91 Å². The lowest BCUT2D eigenvalue weighted by Crippen LogP contribution is -2.36. The van der Waals surface area contributed by atoms with Gasteiger partial charge in [-0.1, -0.05) is 58.4 Å². The number of likely N-dealkylation sites (N-methyl/N-ethyl adjacent to an activating group) is 1. The van der Waals surface area contributed by atoms with Crippen molar-refractivity contribution in [1.82, 2.24) is 14.7 Å². The van der Waals surface area contributed by atoms with Crippen LogP contribution in [0, 0.1) is 0 Å². The predicted octanol–water partition coefficient (Wildman–Crippen LogP) is 5.66. The van der Waals surface area contributed by atoms with Gasteiger partial charge in [0.2, 0.25) is 0 Å². The summed E-state index contributed by atoms with van der Waals surface area (Å²) in [4.78, 5) is 19.6. The van der Waals surface area contributed by atoms with Gasteiger partial charge in [-0.25, -0.2) is 0 Å². The number of rotatable bonds is 11. The zero-order valence-corrected chi connectivity index (χ0v) is 21.6.